The van der Waals surface area contributed by atoms with E-state index >= 15 is 0 Å². The normalized spacial score (nSPS) is 14.4. The summed E-state index contributed by atoms with van der Waals surface area (Å²) in [6, 6.07) is 20.6. The van der Waals surface area contributed by atoms with Crippen LogP contribution >= 0.6 is 11.3 Å². The van der Waals surface area contributed by atoms with E-state index in [4.69, 9.17) is 4.74 Å². The van der Waals surface area contributed by atoms with E-state index in [2.05, 4.69) is 15.6 Å². The average Bonchev–Trinajstić information content (AvgIpc) is 3.52. The van der Waals surface area contributed by atoms with Crippen LogP contribution in [0.1, 0.15) is 59.9 Å². The van der Waals surface area contributed by atoms with Crippen LogP contribution in [0.3, 0.4) is 0 Å². The van der Waals surface area contributed by atoms with Crippen molar-refractivity contribution in [2.45, 2.75) is 57.7 Å². The first-order valence-corrected chi connectivity index (χ1v) is 16.2. The maximum atomic E-state index is 13.8. The van der Waals surface area contributed by atoms with Gasteiger partial charge in [0.05, 0.1) is 15.7 Å². The van der Waals surface area contributed by atoms with Crippen molar-refractivity contribution in [2.24, 2.45) is 0 Å². The molecule has 11 heteroatoms. The largest absolute Gasteiger partial charge is 0.444 e. The van der Waals surface area contributed by atoms with Crippen molar-refractivity contribution in [3.63, 3.8) is 0 Å². The van der Waals surface area contributed by atoms with Gasteiger partial charge in [-0.1, -0.05) is 36.4 Å². The summed E-state index contributed by atoms with van der Waals surface area (Å²) in [5.41, 5.74) is 4.17. The summed E-state index contributed by atoms with van der Waals surface area (Å²) in [5, 5.41) is 5.95. The van der Waals surface area contributed by atoms with E-state index < -0.39 is 17.6 Å². The Balaban J connectivity index is 1.25. The first kappa shape index (κ1) is 32.6. The number of likely N-dealkylation sites (N-methyl/N-ethyl adjacent to an activating group) is 1. The van der Waals surface area contributed by atoms with E-state index in [0.29, 0.717) is 37.2 Å². The average molecular weight is 642 g/mol. The highest BCUT2D eigenvalue weighted by molar-refractivity contribution is 7.16. The first-order chi connectivity index (χ1) is 22.0. The predicted molar refractivity (Wildman–Crippen MR) is 179 cm³/mol. The Morgan fingerprint density at radius 3 is 2.35 bits per heavy atom. The van der Waals surface area contributed by atoms with Gasteiger partial charge in [-0.25, -0.2) is 9.78 Å². The quantitative estimate of drug-likeness (QED) is 0.265. The molecule has 1 fully saturated rings. The number of carbonyl (C=O) groups is 4. The van der Waals surface area contributed by atoms with E-state index in [1.807, 2.05) is 69.3 Å². The molecule has 1 aromatic heterocycles. The Morgan fingerprint density at radius 2 is 1.65 bits per heavy atom. The number of benzene rings is 3. The number of rotatable bonds is 8. The Labute approximate surface area is 272 Å². The zero-order chi connectivity index (χ0) is 32.8. The first-order valence-electron chi connectivity index (χ1n) is 15.3. The summed E-state index contributed by atoms with van der Waals surface area (Å²) < 4.78 is 6.48. The number of fused-ring (bicyclic) bond motifs is 1. The summed E-state index contributed by atoms with van der Waals surface area (Å²) in [4.78, 5) is 60.5. The lowest BCUT2D eigenvalue weighted by atomic mass is 10.0. The summed E-state index contributed by atoms with van der Waals surface area (Å²) >= 11 is 1.53. The zero-order valence-corrected chi connectivity index (χ0v) is 27.3. The number of likely N-dealkylation sites (tertiary alicyclic amines) is 1. The van der Waals surface area contributed by atoms with Gasteiger partial charge in [0.2, 0.25) is 5.91 Å². The van der Waals surface area contributed by atoms with Crippen LogP contribution in [0.15, 0.2) is 78.3 Å². The van der Waals surface area contributed by atoms with Crippen LogP contribution in [0.2, 0.25) is 0 Å². The fourth-order valence-corrected chi connectivity index (χ4v) is 5.97. The Bertz CT molecular complexity index is 1710. The summed E-state index contributed by atoms with van der Waals surface area (Å²) in [6.45, 7) is 6.44. The van der Waals surface area contributed by atoms with E-state index in [1.54, 1.807) is 35.7 Å². The molecule has 0 bridgehead atoms. The van der Waals surface area contributed by atoms with Gasteiger partial charge < -0.3 is 25.2 Å². The third-order valence-corrected chi connectivity index (χ3v) is 8.60. The van der Waals surface area contributed by atoms with E-state index in [9.17, 15) is 19.2 Å². The number of aromatic nitrogens is 1. The third-order valence-electron chi connectivity index (χ3n) is 7.79. The van der Waals surface area contributed by atoms with E-state index in [-0.39, 0.29) is 35.9 Å². The second-order valence-corrected chi connectivity index (χ2v) is 13.3. The highest BCUT2D eigenvalue weighted by Gasteiger charge is 2.29. The van der Waals surface area contributed by atoms with Gasteiger partial charge in [-0.3, -0.25) is 14.4 Å². The second kappa shape index (κ2) is 14.1. The van der Waals surface area contributed by atoms with Crippen LogP contribution in [0.25, 0.3) is 10.2 Å². The fourth-order valence-electron chi connectivity index (χ4n) is 5.31. The summed E-state index contributed by atoms with van der Waals surface area (Å²) in [7, 11) is 1.68. The van der Waals surface area contributed by atoms with Crippen LogP contribution < -0.4 is 15.5 Å². The van der Waals surface area contributed by atoms with Crippen molar-refractivity contribution in [2.75, 3.05) is 25.0 Å². The molecule has 10 nitrogen and oxygen atoms in total. The molecule has 0 unspecified atom stereocenters. The number of anilines is 1. The van der Waals surface area contributed by atoms with E-state index in [1.165, 1.54) is 22.3 Å². The van der Waals surface area contributed by atoms with Gasteiger partial charge >= 0.3 is 6.09 Å². The smallest absolute Gasteiger partial charge is 0.410 e. The number of amides is 4. The third kappa shape index (κ3) is 8.28. The number of nitrogens with one attached hydrogen (secondary N) is 2. The molecule has 46 heavy (non-hydrogen) atoms. The van der Waals surface area contributed by atoms with Gasteiger partial charge in [0.15, 0.2) is 0 Å². The monoisotopic (exact) mass is 641 g/mol. The molecule has 1 atom stereocenters. The van der Waals surface area contributed by atoms with Crippen LogP contribution in [-0.4, -0.2) is 71.5 Å². The Hall–Kier alpha value is -4.77. The van der Waals surface area contributed by atoms with E-state index in [0.717, 1.165) is 15.8 Å². The zero-order valence-electron chi connectivity index (χ0n) is 26.5. The molecule has 0 saturated carbocycles. The van der Waals surface area contributed by atoms with Gasteiger partial charge in [0, 0.05) is 49.4 Å². The van der Waals surface area contributed by atoms with Gasteiger partial charge in [-0.2, -0.15) is 0 Å². The van der Waals surface area contributed by atoms with Crippen molar-refractivity contribution in [1.29, 1.82) is 0 Å². The molecular formula is C35H39N5O5S. The second-order valence-electron chi connectivity index (χ2n) is 12.4. The number of nitrogens with zero attached hydrogens (tertiary/aromatic N) is 3. The molecule has 0 spiro atoms. The van der Waals surface area contributed by atoms with Crippen LogP contribution in [-0.2, 0) is 16.0 Å². The van der Waals surface area contributed by atoms with Crippen molar-refractivity contribution in [1.82, 2.24) is 20.5 Å². The minimum Gasteiger partial charge on any atom is -0.444 e. The minimum absolute atomic E-state index is 0.115. The highest BCUT2D eigenvalue weighted by atomic mass is 32.1. The minimum atomic E-state index is -0.862. The summed E-state index contributed by atoms with van der Waals surface area (Å²) in [5.74, 6) is -1.05. The summed E-state index contributed by atoms with van der Waals surface area (Å²) in [6.07, 6.45) is 1.12. The number of thiazole rings is 1. The molecule has 1 aliphatic rings. The molecule has 1 aliphatic heterocycles. The molecule has 240 valence electrons. The maximum Gasteiger partial charge on any atom is 0.410 e. The molecule has 2 heterocycles. The predicted octanol–water partition coefficient (Wildman–Crippen LogP) is 5.43. The van der Waals surface area contributed by atoms with Crippen LogP contribution in [0.4, 0.5) is 10.5 Å². The molecular weight excluding hydrogens is 602 g/mol. The standard InChI is InChI=1S/C35H39N5O5S/c1-35(2,3)45-34(44)40-17-15-26(16-18-40)37-31(41)24-11-8-12-25(20-24)32(42)38-29(19-23-9-6-5-7-10-23)33(43)39(4)27-13-14-30-28(21-27)36-22-46-30/h5-14,20-22,26,29H,15-19H2,1-4H3,(H,37,41)(H,38,42)/t29-/m0/s1. The van der Waals surface area contributed by atoms with Gasteiger partial charge in [0.1, 0.15) is 11.6 Å². The molecule has 1 saturated heterocycles. The van der Waals surface area contributed by atoms with Gasteiger partial charge in [-0.15, -0.1) is 11.3 Å². The Morgan fingerprint density at radius 1 is 0.957 bits per heavy atom. The van der Waals surface area contributed by atoms with Gasteiger partial charge in [-0.05, 0) is 75.6 Å². The van der Waals surface area contributed by atoms with Crippen molar-refractivity contribution in [3.05, 3.63) is 95.0 Å². The van der Waals surface area contributed by atoms with Crippen molar-refractivity contribution in [3.8, 4) is 0 Å². The topological polar surface area (TPSA) is 121 Å². The highest BCUT2D eigenvalue weighted by Crippen LogP contribution is 2.24. The molecule has 4 aromatic rings. The SMILES string of the molecule is CN(C(=O)[C@H](Cc1ccccc1)NC(=O)c1cccc(C(=O)NC2CCN(C(=O)OC(C)(C)C)CC2)c1)c1ccc2scnc2c1. The molecule has 4 amide bonds. The van der Waals surface area contributed by atoms with Crippen molar-refractivity contribution >= 4 is 51.1 Å². The molecule has 2 N–H and O–H groups in total. The molecule has 0 aliphatic carbocycles. The molecule has 0 radical (unpaired) electrons. The number of hydrogen-bond donors (Lipinski definition) is 2. The van der Waals surface area contributed by atoms with Crippen LogP contribution in [0, 0.1) is 0 Å². The maximum absolute atomic E-state index is 13.8. The molecule has 3 aromatic carbocycles. The number of carbonyl (C=O) groups excluding carboxylic acids is 4. The van der Waals surface area contributed by atoms with Crippen molar-refractivity contribution < 1.29 is 23.9 Å². The van der Waals surface area contributed by atoms with Gasteiger partial charge in [0.25, 0.3) is 11.8 Å². The number of hydrogen-bond acceptors (Lipinski definition) is 7. The fraction of sp³-hybridized carbons (Fsp3) is 0.343. The Kier molecular flexibility index (Phi) is 10.0. The molecule has 5 rings (SSSR count). The van der Waals surface area contributed by atoms with Crippen LogP contribution in [0.5, 0.6) is 0 Å². The lowest BCUT2D eigenvalue weighted by molar-refractivity contribution is -0.120. The number of piperidine rings is 1. The lowest BCUT2D eigenvalue weighted by Crippen LogP contribution is -2.49. The number of ether oxygens (including phenoxy) is 1. The lowest BCUT2D eigenvalue weighted by Gasteiger charge is -2.33.